The third-order valence-electron chi connectivity index (χ3n) is 6.91. The smallest absolute Gasteiger partial charge is 0.272 e. The Labute approximate surface area is 216 Å². The number of nitrogens with one attached hydrogen (secondary N) is 1. The number of nitrogens with zero attached hydrogens (tertiary/aromatic N) is 3. The molecule has 0 saturated carbocycles. The molecule has 1 amide bonds. The van der Waals surface area contributed by atoms with Crippen LogP contribution in [-0.4, -0.2) is 53.1 Å². The zero-order valence-corrected chi connectivity index (χ0v) is 21.2. The number of hydrogen-bond donors (Lipinski definition) is 2. The first-order chi connectivity index (χ1) is 18.1. The summed E-state index contributed by atoms with van der Waals surface area (Å²) < 4.78 is 12.6. The Morgan fingerprint density at radius 3 is 2.68 bits per heavy atom. The van der Waals surface area contributed by atoms with Crippen molar-refractivity contribution in [2.45, 2.75) is 32.6 Å². The molecule has 5 rings (SSSR count). The lowest BCUT2D eigenvalue weighted by Gasteiger charge is -2.28. The van der Waals surface area contributed by atoms with Crippen LogP contribution in [0.15, 0.2) is 60.7 Å². The van der Waals surface area contributed by atoms with Crippen LogP contribution in [0, 0.1) is 0 Å². The van der Waals surface area contributed by atoms with E-state index in [9.17, 15) is 9.90 Å². The summed E-state index contributed by atoms with van der Waals surface area (Å²) in [5.41, 5.74) is 4.54. The summed E-state index contributed by atoms with van der Waals surface area (Å²) in [5, 5.41) is 19.5. The van der Waals surface area contributed by atoms with Crippen molar-refractivity contribution in [2.75, 3.05) is 27.4 Å². The third-order valence-corrected chi connectivity index (χ3v) is 6.91. The first kappa shape index (κ1) is 24.8. The average Bonchev–Trinajstić information content (AvgIpc) is 3.29. The highest BCUT2D eigenvalue weighted by atomic mass is 16.5. The Balaban J connectivity index is 1.35. The molecule has 3 aromatic carbocycles. The van der Waals surface area contributed by atoms with Gasteiger partial charge in [0.25, 0.3) is 5.91 Å². The number of fused-ring (bicyclic) bond motifs is 2. The second-order valence-electron chi connectivity index (χ2n) is 9.19. The molecular formula is C29H32N4O4. The Bertz CT molecular complexity index is 1410. The van der Waals surface area contributed by atoms with Crippen LogP contribution in [0.5, 0.6) is 11.5 Å². The van der Waals surface area contributed by atoms with Crippen LogP contribution in [0.25, 0.3) is 10.8 Å². The lowest BCUT2D eigenvalue weighted by atomic mass is 10.0. The molecule has 2 N–H and O–H groups in total. The Hall–Kier alpha value is -3.88. The van der Waals surface area contributed by atoms with Gasteiger partial charge >= 0.3 is 0 Å². The van der Waals surface area contributed by atoms with E-state index in [2.05, 4.69) is 33.5 Å². The van der Waals surface area contributed by atoms with E-state index >= 15 is 0 Å². The molecule has 8 heteroatoms. The van der Waals surface area contributed by atoms with Crippen LogP contribution >= 0.6 is 0 Å². The molecule has 1 aromatic heterocycles. The van der Waals surface area contributed by atoms with Crippen molar-refractivity contribution in [2.24, 2.45) is 0 Å². The number of methoxy groups -OCH3 is 2. The molecule has 37 heavy (non-hydrogen) atoms. The lowest BCUT2D eigenvalue weighted by Crippen LogP contribution is -2.32. The minimum absolute atomic E-state index is 0.0272. The third kappa shape index (κ3) is 5.16. The van der Waals surface area contributed by atoms with Crippen molar-refractivity contribution >= 4 is 16.7 Å². The highest BCUT2D eigenvalue weighted by molar-refractivity contribution is 5.94. The van der Waals surface area contributed by atoms with E-state index < -0.39 is 0 Å². The van der Waals surface area contributed by atoms with E-state index in [1.807, 2.05) is 42.5 Å². The fourth-order valence-electron chi connectivity index (χ4n) is 5.09. The first-order valence-electron chi connectivity index (χ1n) is 12.5. The van der Waals surface area contributed by atoms with Gasteiger partial charge in [-0.05, 0) is 34.0 Å². The van der Waals surface area contributed by atoms with Crippen molar-refractivity contribution in [3.05, 3.63) is 88.7 Å². The zero-order chi connectivity index (χ0) is 25.8. The molecule has 0 saturated heterocycles. The number of benzene rings is 3. The molecule has 0 fully saturated rings. The van der Waals surface area contributed by atoms with Crippen LogP contribution in [0.3, 0.4) is 0 Å². The molecule has 0 aliphatic carbocycles. The van der Waals surface area contributed by atoms with Crippen LogP contribution in [0.1, 0.15) is 32.9 Å². The highest BCUT2D eigenvalue weighted by Gasteiger charge is 2.28. The summed E-state index contributed by atoms with van der Waals surface area (Å²) >= 11 is 0. The van der Waals surface area contributed by atoms with Crippen molar-refractivity contribution in [3.63, 3.8) is 0 Å². The zero-order valence-electron chi connectivity index (χ0n) is 21.2. The van der Waals surface area contributed by atoms with E-state index in [0.29, 0.717) is 43.4 Å². The SMILES string of the molecule is COc1ccc(CN2CCc3c(c(C(=O)NCc4cccc5ccccc45)nn3CCO)C2)cc1OC. The number of rotatable bonds is 9. The van der Waals surface area contributed by atoms with E-state index in [-0.39, 0.29) is 12.5 Å². The number of aliphatic hydroxyl groups excluding tert-OH is 1. The van der Waals surface area contributed by atoms with Gasteiger partial charge in [0.05, 0.1) is 27.4 Å². The van der Waals surface area contributed by atoms with Gasteiger partial charge in [0.2, 0.25) is 0 Å². The molecule has 0 spiro atoms. The van der Waals surface area contributed by atoms with Crippen molar-refractivity contribution in [3.8, 4) is 11.5 Å². The summed E-state index contributed by atoms with van der Waals surface area (Å²) in [4.78, 5) is 15.7. The Morgan fingerprint density at radius 1 is 1.05 bits per heavy atom. The van der Waals surface area contributed by atoms with Gasteiger partial charge in [-0.2, -0.15) is 5.10 Å². The van der Waals surface area contributed by atoms with E-state index in [1.54, 1.807) is 18.9 Å². The molecule has 2 heterocycles. The maximum atomic E-state index is 13.4. The predicted molar refractivity (Wildman–Crippen MR) is 142 cm³/mol. The Morgan fingerprint density at radius 2 is 1.86 bits per heavy atom. The molecular weight excluding hydrogens is 468 g/mol. The molecule has 0 radical (unpaired) electrons. The maximum absolute atomic E-state index is 13.4. The van der Waals surface area contributed by atoms with Crippen molar-refractivity contribution < 1.29 is 19.4 Å². The number of amides is 1. The maximum Gasteiger partial charge on any atom is 0.272 e. The number of aliphatic hydroxyl groups is 1. The molecule has 192 valence electrons. The second kappa shape index (κ2) is 11.0. The monoisotopic (exact) mass is 500 g/mol. The minimum atomic E-state index is -0.200. The van der Waals surface area contributed by atoms with Gasteiger partial charge in [0.1, 0.15) is 0 Å². The van der Waals surface area contributed by atoms with Gasteiger partial charge in [0.15, 0.2) is 17.2 Å². The average molecular weight is 501 g/mol. The van der Waals surface area contributed by atoms with Gasteiger partial charge in [-0.1, -0.05) is 48.5 Å². The van der Waals surface area contributed by atoms with Gasteiger partial charge in [-0.25, -0.2) is 0 Å². The van der Waals surface area contributed by atoms with Gasteiger partial charge in [-0.3, -0.25) is 14.4 Å². The first-order valence-corrected chi connectivity index (χ1v) is 12.5. The molecule has 0 bridgehead atoms. The fraction of sp³-hybridized carbons (Fsp3) is 0.310. The van der Waals surface area contributed by atoms with Crippen LogP contribution < -0.4 is 14.8 Å². The molecule has 8 nitrogen and oxygen atoms in total. The lowest BCUT2D eigenvalue weighted by molar-refractivity contribution is 0.0942. The molecule has 0 unspecified atom stereocenters. The summed E-state index contributed by atoms with van der Waals surface area (Å²) in [6, 6.07) is 20.2. The van der Waals surface area contributed by atoms with Crippen LogP contribution in [0.4, 0.5) is 0 Å². The minimum Gasteiger partial charge on any atom is -0.493 e. The molecule has 0 atom stereocenters. The standard InChI is InChI=1S/C29H32N4O4/c1-36-26-11-10-20(16-27(26)37-2)18-32-13-12-25-24(19-32)28(31-33(25)14-15-34)29(35)30-17-22-8-5-7-21-6-3-4-9-23(21)22/h3-11,16,34H,12-15,17-19H2,1-2H3,(H,30,35). The van der Waals surface area contributed by atoms with Gasteiger partial charge < -0.3 is 19.9 Å². The molecule has 1 aliphatic rings. The predicted octanol–water partition coefficient (Wildman–Crippen LogP) is 3.53. The quantitative estimate of drug-likeness (QED) is 0.366. The van der Waals surface area contributed by atoms with E-state index in [0.717, 1.165) is 46.1 Å². The van der Waals surface area contributed by atoms with Crippen LogP contribution in [-0.2, 0) is 32.6 Å². The summed E-state index contributed by atoms with van der Waals surface area (Å²) in [7, 11) is 3.26. The number of aromatic nitrogens is 2. The Kier molecular flexibility index (Phi) is 7.39. The normalized spacial score (nSPS) is 13.4. The van der Waals surface area contributed by atoms with Crippen LogP contribution in [0.2, 0.25) is 0 Å². The van der Waals surface area contributed by atoms with E-state index in [1.165, 1.54) is 0 Å². The largest absolute Gasteiger partial charge is 0.493 e. The van der Waals surface area contributed by atoms with Gasteiger partial charge in [0, 0.05) is 43.9 Å². The number of ether oxygens (including phenoxy) is 2. The fourth-order valence-corrected chi connectivity index (χ4v) is 5.09. The number of carbonyl (C=O) groups excluding carboxylic acids is 1. The summed E-state index contributed by atoms with van der Waals surface area (Å²) in [6.07, 6.45) is 0.756. The second-order valence-corrected chi connectivity index (χ2v) is 9.19. The van der Waals surface area contributed by atoms with Crippen molar-refractivity contribution in [1.82, 2.24) is 20.0 Å². The molecule has 1 aliphatic heterocycles. The topological polar surface area (TPSA) is 88.9 Å². The summed E-state index contributed by atoms with van der Waals surface area (Å²) in [6.45, 7) is 2.90. The number of hydrogen-bond acceptors (Lipinski definition) is 6. The summed E-state index contributed by atoms with van der Waals surface area (Å²) in [5.74, 6) is 1.19. The van der Waals surface area contributed by atoms with E-state index in [4.69, 9.17) is 9.47 Å². The molecule has 4 aromatic rings. The van der Waals surface area contributed by atoms with Gasteiger partial charge in [-0.15, -0.1) is 0 Å². The van der Waals surface area contributed by atoms with Crippen molar-refractivity contribution in [1.29, 1.82) is 0 Å². The highest BCUT2D eigenvalue weighted by Crippen LogP contribution is 2.30. The number of carbonyl (C=O) groups is 1.